The number of nitrogens with zero attached hydrogens (tertiary/aromatic N) is 2. The molecule has 4 heteroatoms. The highest BCUT2D eigenvalue weighted by molar-refractivity contribution is 7.60. The van der Waals surface area contributed by atoms with Gasteiger partial charge in [0.05, 0.1) is 5.66 Å². The van der Waals surface area contributed by atoms with Crippen molar-refractivity contribution in [3.05, 3.63) is 96.1 Å². The SMILES string of the molecule is CN(Cc1ccccc1)[P@@]1(=O)[C@@H]2C=CC=C[C@@H]2[C@H](c2ccccc2)N1C. The van der Waals surface area contributed by atoms with Gasteiger partial charge < -0.3 is 0 Å². The lowest BCUT2D eigenvalue weighted by molar-refractivity contribution is 0.337. The summed E-state index contributed by atoms with van der Waals surface area (Å²) in [4.78, 5) is 0. The second-order valence-electron chi connectivity index (χ2n) is 7.16. The van der Waals surface area contributed by atoms with Crippen molar-refractivity contribution < 1.29 is 4.57 Å². The summed E-state index contributed by atoms with van der Waals surface area (Å²) in [6.07, 6.45) is 8.52. The molecule has 4 rings (SSSR count). The summed E-state index contributed by atoms with van der Waals surface area (Å²) in [5.74, 6) is 0.233. The molecule has 2 aromatic rings. The van der Waals surface area contributed by atoms with Gasteiger partial charge in [-0.3, -0.25) is 4.57 Å². The van der Waals surface area contributed by atoms with E-state index in [0.717, 1.165) is 0 Å². The third kappa shape index (κ3) is 2.81. The van der Waals surface area contributed by atoms with Crippen molar-refractivity contribution in [2.24, 2.45) is 5.92 Å². The van der Waals surface area contributed by atoms with Gasteiger partial charge in [0.1, 0.15) is 0 Å². The molecule has 4 atom stereocenters. The Bertz CT molecular complexity index is 862. The molecule has 1 heterocycles. The van der Waals surface area contributed by atoms with Crippen LogP contribution >= 0.6 is 7.44 Å². The smallest absolute Gasteiger partial charge is 0.224 e. The lowest BCUT2D eigenvalue weighted by Gasteiger charge is -2.34. The second kappa shape index (κ2) is 7.00. The van der Waals surface area contributed by atoms with Crippen molar-refractivity contribution >= 4 is 7.44 Å². The highest BCUT2D eigenvalue weighted by Crippen LogP contribution is 2.70. The zero-order chi connectivity index (χ0) is 18.1. The van der Waals surface area contributed by atoms with E-state index >= 15 is 0 Å². The Morgan fingerprint density at radius 1 is 0.962 bits per heavy atom. The molecule has 0 saturated carbocycles. The van der Waals surface area contributed by atoms with E-state index in [-0.39, 0.29) is 17.6 Å². The number of fused-ring (bicyclic) bond motifs is 1. The van der Waals surface area contributed by atoms with E-state index in [9.17, 15) is 4.57 Å². The fourth-order valence-corrected chi connectivity index (χ4v) is 7.79. The third-order valence-electron chi connectivity index (χ3n) is 5.64. The van der Waals surface area contributed by atoms with Crippen LogP contribution in [0.2, 0.25) is 0 Å². The van der Waals surface area contributed by atoms with E-state index < -0.39 is 7.44 Å². The van der Waals surface area contributed by atoms with Gasteiger partial charge in [-0.15, -0.1) is 0 Å². The van der Waals surface area contributed by atoms with Crippen LogP contribution in [0, 0.1) is 5.92 Å². The van der Waals surface area contributed by atoms with Crippen LogP contribution in [-0.2, 0) is 11.1 Å². The van der Waals surface area contributed by atoms with E-state index in [1.165, 1.54) is 11.1 Å². The standard InChI is InChI=1S/C22H25N2OP/c1-23(17-18-11-5-3-6-12-18)26(25)21-16-10-9-15-20(21)22(24(26)2)19-13-7-4-8-14-19/h3-16,20-22H,17H2,1-2H3/t20-,21+,22-,26-/m0/s1. The summed E-state index contributed by atoms with van der Waals surface area (Å²) >= 11 is 0. The molecule has 0 amide bonds. The summed E-state index contributed by atoms with van der Waals surface area (Å²) in [7, 11) is 1.29. The van der Waals surface area contributed by atoms with Crippen LogP contribution in [0.5, 0.6) is 0 Å². The first kappa shape index (κ1) is 17.5. The molecule has 1 aliphatic carbocycles. The average Bonchev–Trinajstić information content (AvgIpc) is 2.92. The maximum atomic E-state index is 14.4. The largest absolute Gasteiger partial charge is 0.288 e. The Morgan fingerprint density at radius 2 is 1.58 bits per heavy atom. The fourth-order valence-electron chi connectivity index (χ4n) is 4.38. The number of allylic oxidation sites excluding steroid dienone is 3. The molecule has 1 fully saturated rings. The maximum absolute atomic E-state index is 14.4. The van der Waals surface area contributed by atoms with Gasteiger partial charge in [0, 0.05) is 18.5 Å². The molecule has 0 unspecified atom stereocenters. The Kier molecular flexibility index (Phi) is 4.71. The molecule has 0 N–H and O–H groups in total. The quantitative estimate of drug-likeness (QED) is 0.705. The van der Waals surface area contributed by atoms with Crippen LogP contribution in [0.1, 0.15) is 17.2 Å². The van der Waals surface area contributed by atoms with Gasteiger partial charge >= 0.3 is 0 Å². The van der Waals surface area contributed by atoms with Gasteiger partial charge in [-0.1, -0.05) is 85.0 Å². The predicted molar refractivity (Wildman–Crippen MR) is 108 cm³/mol. The van der Waals surface area contributed by atoms with Crippen LogP contribution in [-0.4, -0.2) is 29.1 Å². The topological polar surface area (TPSA) is 23.6 Å². The highest BCUT2D eigenvalue weighted by Gasteiger charge is 2.55. The molecule has 1 aliphatic heterocycles. The molecule has 26 heavy (non-hydrogen) atoms. The van der Waals surface area contributed by atoms with E-state index in [0.29, 0.717) is 6.54 Å². The number of rotatable bonds is 4. The summed E-state index contributed by atoms with van der Waals surface area (Å²) in [6, 6.07) is 20.9. The molecule has 0 spiro atoms. The van der Waals surface area contributed by atoms with Crippen molar-refractivity contribution in [2.45, 2.75) is 18.2 Å². The summed E-state index contributed by atoms with van der Waals surface area (Å²) in [5, 5.41) is 0. The van der Waals surface area contributed by atoms with Gasteiger partial charge in [0.15, 0.2) is 0 Å². The number of hydrogen-bond acceptors (Lipinski definition) is 1. The average molecular weight is 364 g/mol. The van der Waals surface area contributed by atoms with Crippen LogP contribution in [0.25, 0.3) is 0 Å². The van der Waals surface area contributed by atoms with E-state index in [4.69, 9.17) is 0 Å². The molecule has 1 saturated heterocycles. The molecule has 134 valence electrons. The van der Waals surface area contributed by atoms with Gasteiger partial charge in [-0.25, -0.2) is 9.34 Å². The molecule has 0 radical (unpaired) electrons. The normalized spacial score (nSPS) is 30.7. The summed E-state index contributed by atoms with van der Waals surface area (Å²) < 4.78 is 18.6. The maximum Gasteiger partial charge on any atom is 0.224 e. The summed E-state index contributed by atoms with van der Waals surface area (Å²) in [6.45, 7) is 0.685. The molecule has 2 aromatic carbocycles. The lowest BCUT2D eigenvalue weighted by atomic mass is 9.88. The van der Waals surface area contributed by atoms with Crippen LogP contribution in [0.4, 0.5) is 0 Å². The van der Waals surface area contributed by atoms with Crippen LogP contribution in [0.3, 0.4) is 0 Å². The third-order valence-corrected chi connectivity index (χ3v) is 9.20. The second-order valence-corrected chi connectivity index (χ2v) is 10.2. The van der Waals surface area contributed by atoms with E-state index in [2.05, 4.69) is 64.0 Å². The van der Waals surface area contributed by atoms with Crippen molar-refractivity contribution in [1.29, 1.82) is 0 Å². The molecular formula is C22H25N2OP. The Labute approximate surface area is 156 Å². The fraction of sp³-hybridized carbons (Fsp3) is 0.273. The molecule has 3 nitrogen and oxygen atoms in total. The minimum Gasteiger partial charge on any atom is -0.288 e. The molecule has 0 bridgehead atoms. The first-order valence-corrected chi connectivity index (χ1v) is 10.8. The monoisotopic (exact) mass is 364 g/mol. The lowest BCUT2D eigenvalue weighted by Crippen LogP contribution is -2.27. The van der Waals surface area contributed by atoms with E-state index in [1.807, 2.05) is 44.4 Å². The van der Waals surface area contributed by atoms with Gasteiger partial charge in [-0.2, -0.15) is 0 Å². The van der Waals surface area contributed by atoms with Gasteiger partial charge in [0.25, 0.3) is 0 Å². The number of benzene rings is 2. The zero-order valence-electron chi connectivity index (χ0n) is 15.3. The van der Waals surface area contributed by atoms with Crippen molar-refractivity contribution in [1.82, 2.24) is 9.34 Å². The van der Waals surface area contributed by atoms with Gasteiger partial charge in [-0.05, 0) is 25.2 Å². The Morgan fingerprint density at radius 3 is 2.27 bits per heavy atom. The van der Waals surface area contributed by atoms with Crippen molar-refractivity contribution in [2.75, 3.05) is 14.1 Å². The van der Waals surface area contributed by atoms with Crippen molar-refractivity contribution in [3.8, 4) is 0 Å². The molecular weight excluding hydrogens is 339 g/mol. The van der Waals surface area contributed by atoms with Crippen LogP contribution < -0.4 is 0 Å². The number of hydrogen-bond donors (Lipinski definition) is 0. The summed E-state index contributed by atoms with van der Waals surface area (Å²) in [5.41, 5.74) is 2.45. The first-order chi connectivity index (χ1) is 12.6. The van der Waals surface area contributed by atoms with E-state index in [1.54, 1.807) is 0 Å². The highest BCUT2D eigenvalue weighted by atomic mass is 31.2. The zero-order valence-corrected chi connectivity index (χ0v) is 16.2. The van der Waals surface area contributed by atoms with Crippen molar-refractivity contribution in [3.63, 3.8) is 0 Å². The Balaban J connectivity index is 1.72. The molecule has 2 aliphatic rings. The van der Waals surface area contributed by atoms with Crippen LogP contribution in [0.15, 0.2) is 85.0 Å². The molecule has 0 aromatic heterocycles. The first-order valence-electron chi connectivity index (χ1n) is 9.11. The minimum atomic E-state index is -2.74. The van der Waals surface area contributed by atoms with Gasteiger partial charge in [0.2, 0.25) is 7.44 Å². The Hall–Kier alpha value is -1.93. The predicted octanol–water partition coefficient (Wildman–Crippen LogP) is 5.11. The minimum absolute atomic E-state index is 0.0245.